The highest BCUT2D eigenvalue weighted by Crippen LogP contribution is 2.48. The van der Waals surface area contributed by atoms with E-state index in [1.807, 2.05) is 18.0 Å². The Kier molecular flexibility index (Phi) is 8.49. The summed E-state index contributed by atoms with van der Waals surface area (Å²) in [5.41, 5.74) is 4.44. The third kappa shape index (κ3) is 5.97. The lowest BCUT2D eigenvalue weighted by Crippen LogP contribution is -2.46. The van der Waals surface area contributed by atoms with E-state index in [1.54, 1.807) is 30.3 Å². The molecule has 16 heteroatoms. The zero-order chi connectivity index (χ0) is 30.1. The number of hydrogen-bond acceptors (Lipinski definition) is 13. The maximum absolute atomic E-state index is 14.0. The zero-order valence-corrected chi connectivity index (χ0v) is 23.8. The number of esters is 1. The molecule has 2 aromatic heterocycles. The maximum atomic E-state index is 14.0. The van der Waals surface area contributed by atoms with Crippen LogP contribution in [0.2, 0.25) is 0 Å². The number of anilines is 1. The minimum atomic E-state index is -4.42. The Bertz CT molecular complexity index is 1520. The molecule has 2 aliphatic rings. The quantitative estimate of drug-likeness (QED) is 0.187. The molecule has 1 unspecified atom stereocenters. The molecule has 2 aliphatic heterocycles. The number of carbonyl (C=O) groups is 1. The molecule has 0 aliphatic carbocycles. The van der Waals surface area contributed by atoms with Gasteiger partial charge in [0, 0.05) is 13.1 Å². The van der Waals surface area contributed by atoms with Gasteiger partial charge in [-0.1, -0.05) is 18.2 Å². The van der Waals surface area contributed by atoms with Gasteiger partial charge in [-0.15, -0.1) is 0 Å². The molecular weight excluding hydrogens is 569 g/mol. The number of aliphatic hydroxyl groups excluding tert-OH is 2. The van der Waals surface area contributed by atoms with Crippen molar-refractivity contribution in [2.24, 2.45) is 0 Å². The minimum Gasteiger partial charge on any atom is -0.460 e. The molecule has 5 rings (SSSR count). The van der Waals surface area contributed by atoms with Gasteiger partial charge in [0.05, 0.1) is 5.69 Å². The van der Waals surface area contributed by atoms with E-state index < -0.39 is 50.3 Å². The fourth-order valence-corrected chi connectivity index (χ4v) is 6.43. The highest BCUT2D eigenvalue weighted by atomic mass is 31.2. The number of hydrogen-bond donors (Lipinski definition) is 4. The molecule has 5 N–H and O–H groups in total. The van der Waals surface area contributed by atoms with Crippen molar-refractivity contribution in [1.82, 2.24) is 24.6 Å². The van der Waals surface area contributed by atoms with Crippen LogP contribution in [0, 0.1) is 11.3 Å². The van der Waals surface area contributed by atoms with Crippen LogP contribution in [0.1, 0.15) is 25.1 Å². The smallest absolute Gasteiger partial charge is 0.459 e. The van der Waals surface area contributed by atoms with Gasteiger partial charge in [-0.25, -0.2) is 14.1 Å². The Morgan fingerprint density at radius 2 is 2.10 bits per heavy atom. The first-order valence-electron chi connectivity index (χ1n) is 13.2. The van der Waals surface area contributed by atoms with Gasteiger partial charge in [0.2, 0.25) is 5.60 Å². The molecule has 2 saturated heterocycles. The van der Waals surface area contributed by atoms with E-state index >= 15 is 0 Å². The summed E-state index contributed by atoms with van der Waals surface area (Å²) in [5, 5.41) is 38.7. The van der Waals surface area contributed by atoms with Crippen molar-refractivity contribution < 1.29 is 38.1 Å². The number of nitriles is 1. The second-order valence-electron chi connectivity index (χ2n) is 10.3. The Morgan fingerprint density at radius 1 is 1.33 bits per heavy atom. The summed E-state index contributed by atoms with van der Waals surface area (Å²) in [6, 6.07) is 12.0. The lowest BCUT2D eigenvalue weighted by atomic mass is 9.96. The van der Waals surface area contributed by atoms with Crippen molar-refractivity contribution in [2.75, 3.05) is 32.5 Å². The zero-order valence-electron chi connectivity index (χ0n) is 22.9. The standard InChI is InChI=1S/C26H32N7O8P/c1-16(25(36)39-18-10-11-32(2)12-18)31-42(37,41-17-6-4-3-5-7-17)38-14-26(13-27)23(35)21(34)22(40-26)19-8-9-20-24(28)29-15-30-33(19)20/h3-9,15-16,18,21-23,34-35H,10-12,14H2,1-2H3,(H,31,37)(H2,28,29,30)/t16-,18-,21-,22-,23-,26+,42?/m0/s1. The first kappa shape index (κ1) is 29.9. The Labute approximate surface area is 241 Å². The molecule has 42 heavy (non-hydrogen) atoms. The molecule has 4 heterocycles. The summed E-state index contributed by atoms with van der Waals surface area (Å²) in [4.78, 5) is 18.8. The van der Waals surface area contributed by atoms with Crippen LogP contribution in [-0.2, 0) is 23.4 Å². The lowest BCUT2D eigenvalue weighted by molar-refractivity contribution is -0.150. The van der Waals surface area contributed by atoms with Gasteiger partial charge in [0.25, 0.3) is 0 Å². The van der Waals surface area contributed by atoms with E-state index in [0.29, 0.717) is 24.2 Å². The van der Waals surface area contributed by atoms with Crippen molar-refractivity contribution in [3.05, 3.63) is 54.5 Å². The van der Waals surface area contributed by atoms with Crippen molar-refractivity contribution in [1.29, 1.82) is 5.26 Å². The molecule has 0 amide bonds. The molecule has 7 atom stereocenters. The van der Waals surface area contributed by atoms with E-state index in [9.17, 15) is 24.8 Å². The molecule has 1 aromatic carbocycles. The van der Waals surface area contributed by atoms with Gasteiger partial charge in [-0.3, -0.25) is 9.32 Å². The van der Waals surface area contributed by atoms with Gasteiger partial charge in [-0.2, -0.15) is 15.4 Å². The predicted molar refractivity (Wildman–Crippen MR) is 147 cm³/mol. The highest BCUT2D eigenvalue weighted by Gasteiger charge is 2.57. The van der Waals surface area contributed by atoms with E-state index in [-0.39, 0.29) is 17.7 Å². The number of ether oxygens (including phenoxy) is 2. The van der Waals surface area contributed by atoms with Gasteiger partial charge in [0.15, 0.2) is 5.82 Å². The number of nitrogen functional groups attached to an aromatic ring is 1. The number of nitrogens with zero attached hydrogens (tertiary/aromatic N) is 5. The van der Waals surface area contributed by atoms with Crippen molar-refractivity contribution >= 4 is 25.1 Å². The average molecular weight is 602 g/mol. The summed E-state index contributed by atoms with van der Waals surface area (Å²) >= 11 is 0. The van der Waals surface area contributed by atoms with Crippen LogP contribution in [0.4, 0.5) is 5.82 Å². The summed E-state index contributed by atoms with van der Waals surface area (Å²) < 4.78 is 38.1. The Balaban J connectivity index is 1.35. The summed E-state index contributed by atoms with van der Waals surface area (Å²) in [5.74, 6) is -0.336. The number of benzene rings is 1. The highest BCUT2D eigenvalue weighted by molar-refractivity contribution is 7.52. The van der Waals surface area contributed by atoms with Crippen LogP contribution in [0.5, 0.6) is 5.75 Å². The van der Waals surface area contributed by atoms with Gasteiger partial charge in [-0.05, 0) is 44.7 Å². The first-order valence-corrected chi connectivity index (χ1v) is 14.8. The lowest BCUT2D eigenvalue weighted by Gasteiger charge is -2.28. The molecule has 0 radical (unpaired) electrons. The molecular formula is C26H32N7O8P. The van der Waals surface area contributed by atoms with Crippen LogP contribution < -0.4 is 15.3 Å². The number of carbonyl (C=O) groups excluding carboxylic acids is 1. The second kappa shape index (κ2) is 11.9. The molecule has 0 saturated carbocycles. The number of nitrogens with one attached hydrogen (secondary N) is 1. The van der Waals surface area contributed by atoms with Crippen LogP contribution in [0.3, 0.4) is 0 Å². The predicted octanol–water partition coefficient (Wildman–Crippen LogP) is 0.796. The van der Waals surface area contributed by atoms with Gasteiger partial charge < -0.3 is 34.8 Å². The molecule has 0 bridgehead atoms. The molecule has 2 fully saturated rings. The molecule has 15 nitrogen and oxygen atoms in total. The SMILES string of the molecule is C[C@H](NP(=O)(OC[C@@]1(C#N)O[C@@H](c2ccc3c(N)ncnn23)[C@H](O)[C@@H]1O)Oc1ccccc1)C(=O)O[C@H]1CCN(C)C1. The normalized spacial score (nSPS) is 28.3. The number of fused-ring (bicyclic) bond motifs is 1. The number of para-hydroxylation sites is 1. The van der Waals surface area contributed by atoms with Crippen molar-refractivity contribution in [3.63, 3.8) is 0 Å². The Hall–Kier alpha value is -3.61. The van der Waals surface area contributed by atoms with Crippen LogP contribution in [0.15, 0.2) is 48.8 Å². The summed E-state index contributed by atoms with van der Waals surface area (Å²) in [7, 11) is -2.50. The third-order valence-electron chi connectivity index (χ3n) is 7.19. The largest absolute Gasteiger partial charge is 0.460 e. The summed E-state index contributed by atoms with van der Waals surface area (Å²) in [6.07, 6.45) is -3.05. The van der Waals surface area contributed by atoms with Gasteiger partial charge in [0.1, 0.15) is 60.7 Å². The van der Waals surface area contributed by atoms with E-state index in [0.717, 1.165) is 6.54 Å². The van der Waals surface area contributed by atoms with Crippen LogP contribution in [0.25, 0.3) is 5.52 Å². The number of aliphatic hydroxyl groups is 2. The number of rotatable bonds is 10. The second-order valence-corrected chi connectivity index (χ2v) is 12.0. The number of nitrogens with two attached hydrogens (primary N) is 1. The van der Waals surface area contributed by atoms with Crippen molar-refractivity contribution in [2.45, 2.75) is 49.4 Å². The molecule has 224 valence electrons. The number of likely N-dealkylation sites (N-methyl/N-ethyl adjacent to an activating group) is 1. The first-order chi connectivity index (χ1) is 20.0. The average Bonchev–Trinajstić information content (AvgIpc) is 3.65. The van der Waals surface area contributed by atoms with Crippen molar-refractivity contribution in [3.8, 4) is 11.8 Å². The fraction of sp³-hybridized carbons (Fsp3) is 0.462. The number of likely N-dealkylation sites (tertiary alicyclic amines) is 1. The topological polar surface area (TPSA) is 207 Å². The molecule has 3 aromatic rings. The fourth-order valence-electron chi connectivity index (χ4n) is 4.91. The van der Waals surface area contributed by atoms with Gasteiger partial charge >= 0.3 is 13.7 Å². The van der Waals surface area contributed by atoms with Crippen LogP contribution >= 0.6 is 7.75 Å². The Morgan fingerprint density at radius 3 is 2.79 bits per heavy atom. The van der Waals surface area contributed by atoms with E-state index in [1.165, 1.54) is 29.9 Å². The summed E-state index contributed by atoms with van der Waals surface area (Å²) in [6.45, 7) is 2.00. The van der Waals surface area contributed by atoms with E-state index in [4.69, 9.17) is 24.3 Å². The number of aromatic nitrogens is 3. The minimum absolute atomic E-state index is 0.153. The third-order valence-corrected chi connectivity index (χ3v) is 8.82. The monoisotopic (exact) mass is 601 g/mol. The molecule has 0 spiro atoms. The van der Waals surface area contributed by atoms with E-state index in [2.05, 4.69) is 15.2 Å². The maximum Gasteiger partial charge on any atom is 0.459 e. The van der Waals surface area contributed by atoms with Crippen LogP contribution in [-0.4, -0.2) is 92.4 Å².